The molecule has 2 aromatic carbocycles. The third-order valence-electron chi connectivity index (χ3n) is 5.52. The van der Waals surface area contributed by atoms with E-state index in [9.17, 15) is 14.3 Å². The smallest absolute Gasteiger partial charge is 0.221 e. The minimum Gasteiger partial charge on any atom is -0.489 e. The normalized spacial score (nSPS) is 16.1. The molecular formula is C24H32FN3O3. The van der Waals surface area contributed by atoms with E-state index < -0.39 is 6.10 Å². The number of piperidine rings is 1. The van der Waals surface area contributed by atoms with Crippen LogP contribution in [0.4, 0.5) is 10.1 Å². The molecular weight excluding hydrogens is 397 g/mol. The Morgan fingerprint density at radius 2 is 1.94 bits per heavy atom. The van der Waals surface area contributed by atoms with Crippen LogP contribution in [0.2, 0.25) is 0 Å². The third-order valence-corrected chi connectivity index (χ3v) is 5.52. The zero-order chi connectivity index (χ0) is 22.2. The number of carbonyl (C=O) groups is 1. The van der Waals surface area contributed by atoms with E-state index in [1.165, 1.54) is 19.1 Å². The zero-order valence-electron chi connectivity index (χ0n) is 18.2. The van der Waals surface area contributed by atoms with Gasteiger partial charge in [-0.15, -0.1) is 0 Å². The number of nitrogens with one attached hydrogen (secondary N) is 2. The van der Waals surface area contributed by atoms with Crippen molar-refractivity contribution < 1.29 is 19.0 Å². The molecule has 1 aliphatic rings. The molecule has 168 valence electrons. The number of nitrogens with zero attached hydrogens (tertiary/aromatic N) is 1. The Bertz CT molecular complexity index is 852. The average molecular weight is 430 g/mol. The van der Waals surface area contributed by atoms with Crippen molar-refractivity contribution in [3.8, 4) is 5.75 Å². The minimum atomic E-state index is -0.650. The number of rotatable bonds is 9. The highest BCUT2D eigenvalue weighted by Gasteiger charge is 2.20. The monoisotopic (exact) mass is 429 g/mol. The molecule has 0 aliphatic carbocycles. The number of aryl methyl sites for hydroxylation is 1. The van der Waals surface area contributed by atoms with E-state index in [2.05, 4.69) is 15.5 Å². The summed E-state index contributed by atoms with van der Waals surface area (Å²) in [5.74, 6) is 0.193. The van der Waals surface area contributed by atoms with Crippen LogP contribution in [0.3, 0.4) is 0 Å². The Morgan fingerprint density at radius 1 is 1.23 bits per heavy atom. The molecule has 3 rings (SSSR count). The topological polar surface area (TPSA) is 73.8 Å². The Balaban J connectivity index is 1.38. The van der Waals surface area contributed by atoms with E-state index in [0.717, 1.165) is 43.6 Å². The molecule has 0 bridgehead atoms. The molecule has 2 aromatic rings. The van der Waals surface area contributed by atoms with Gasteiger partial charge in [0.05, 0.1) is 5.69 Å². The van der Waals surface area contributed by atoms with E-state index in [1.807, 2.05) is 31.2 Å². The van der Waals surface area contributed by atoms with Gasteiger partial charge in [0, 0.05) is 26.1 Å². The van der Waals surface area contributed by atoms with Gasteiger partial charge in [-0.25, -0.2) is 4.39 Å². The number of ether oxygens (including phenoxy) is 1. The highest BCUT2D eigenvalue weighted by molar-refractivity contribution is 5.91. The summed E-state index contributed by atoms with van der Waals surface area (Å²) in [6.45, 7) is 6.71. The lowest BCUT2D eigenvalue weighted by molar-refractivity contribution is -0.114. The van der Waals surface area contributed by atoms with E-state index in [1.54, 1.807) is 6.07 Å². The van der Waals surface area contributed by atoms with Gasteiger partial charge in [-0.05, 0) is 62.2 Å². The number of aliphatic hydroxyl groups excluding tert-OH is 1. The first-order chi connectivity index (χ1) is 14.9. The molecule has 1 saturated heterocycles. The largest absolute Gasteiger partial charge is 0.489 e. The van der Waals surface area contributed by atoms with Crippen molar-refractivity contribution in [1.29, 1.82) is 0 Å². The number of amides is 1. The van der Waals surface area contributed by atoms with Crippen LogP contribution in [-0.2, 0) is 11.3 Å². The van der Waals surface area contributed by atoms with E-state index in [-0.39, 0.29) is 18.3 Å². The van der Waals surface area contributed by atoms with E-state index in [0.29, 0.717) is 24.0 Å². The van der Waals surface area contributed by atoms with Crippen molar-refractivity contribution in [1.82, 2.24) is 10.2 Å². The van der Waals surface area contributed by atoms with Crippen LogP contribution in [0.1, 0.15) is 30.9 Å². The summed E-state index contributed by atoms with van der Waals surface area (Å²) in [5, 5.41) is 16.6. The number of hydrogen-bond donors (Lipinski definition) is 3. The minimum absolute atomic E-state index is 0.145. The zero-order valence-corrected chi connectivity index (χ0v) is 18.2. The molecule has 1 aliphatic heterocycles. The maximum atomic E-state index is 13.0. The fraction of sp³-hybridized carbons (Fsp3) is 0.458. The van der Waals surface area contributed by atoms with Crippen LogP contribution in [0.15, 0.2) is 42.5 Å². The molecule has 0 aromatic heterocycles. The summed E-state index contributed by atoms with van der Waals surface area (Å²) < 4.78 is 18.8. The van der Waals surface area contributed by atoms with Crippen LogP contribution in [0.5, 0.6) is 5.75 Å². The van der Waals surface area contributed by atoms with Crippen LogP contribution >= 0.6 is 0 Å². The van der Waals surface area contributed by atoms with Crippen molar-refractivity contribution in [3.05, 3.63) is 59.4 Å². The second-order valence-electron chi connectivity index (χ2n) is 8.18. The van der Waals surface area contributed by atoms with Gasteiger partial charge in [0.15, 0.2) is 0 Å². The van der Waals surface area contributed by atoms with Crippen LogP contribution in [-0.4, -0.2) is 54.3 Å². The number of likely N-dealkylation sites (tertiary alicyclic amines) is 1. The first-order valence-corrected chi connectivity index (χ1v) is 10.8. The fourth-order valence-corrected chi connectivity index (χ4v) is 3.79. The van der Waals surface area contributed by atoms with Gasteiger partial charge in [-0.2, -0.15) is 0 Å². The number of aliphatic hydroxyl groups is 1. The lowest BCUT2D eigenvalue weighted by atomic mass is 10.0. The highest BCUT2D eigenvalue weighted by Crippen LogP contribution is 2.28. The number of halogens is 1. The maximum absolute atomic E-state index is 13.0. The second-order valence-corrected chi connectivity index (χ2v) is 8.18. The van der Waals surface area contributed by atoms with Gasteiger partial charge in [0.2, 0.25) is 5.91 Å². The molecule has 0 radical (unpaired) electrons. The molecule has 0 saturated carbocycles. The van der Waals surface area contributed by atoms with Crippen molar-refractivity contribution in [3.63, 3.8) is 0 Å². The standard InChI is InChI=1S/C24H32FN3O3/c1-17-4-3-5-23(24(17)27-18(2)29)31-16-22(30)14-26-21-10-12-28(13-11-21)15-19-6-8-20(25)9-7-19/h3-9,21-22,26,30H,10-16H2,1-2H3,(H,27,29). The van der Waals surface area contributed by atoms with E-state index >= 15 is 0 Å². The highest BCUT2D eigenvalue weighted by atomic mass is 19.1. The molecule has 1 heterocycles. The first kappa shape index (κ1) is 23.2. The molecule has 0 spiro atoms. The Morgan fingerprint density at radius 3 is 2.61 bits per heavy atom. The summed E-state index contributed by atoms with van der Waals surface area (Å²) in [4.78, 5) is 13.8. The Kier molecular flexibility index (Phi) is 8.40. The number of benzene rings is 2. The summed E-state index contributed by atoms with van der Waals surface area (Å²) in [6, 6.07) is 12.6. The molecule has 7 heteroatoms. The van der Waals surface area contributed by atoms with Crippen LogP contribution in [0.25, 0.3) is 0 Å². The number of hydrogen-bond acceptors (Lipinski definition) is 5. The van der Waals surface area contributed by atoms with Gasteiger partial charge in [-0.3, -0.25) is 9.69 Å². The number of carbonyl (C=O) groups excluding carboxylic acids is 1. The number of anilines is 1. The lowest BCUT2D eigenvalue weighted by Crippen LogP contribution is -2.45. The van der Waals surface area contributed by atoms with Gasteiger partial charge in [0.25, 0.3) is 0 Å². The fourth-order valence-electron chi connectivity index (χ4n) is 3.79. The molecule has 1 fully saturated rings. The van der Waals surface area contributed by atoms with Crippen molar-refractivity contribution in [2.75, 3.05) is 31.6 Å². The van der Waals surface area contributed by atoms with Crippen LogP contribution in [0, 0.1) is 12.7 Å². The third kappa shape index (κ3) is 7.31. The maximum Gasteiger partial charge on any atom is 0.221 e. The quantitative estimate of drug-likeness (QED) is 0.571. The molecule has 31 heavy (non-hydrogen) atoms. The molecule has 1 amide bonds. The molecule has 6 nitrogen and oxygen atoms in total. The van der Waals surface area contributed by atoms with Crippen LogP contribution < -0.4 is 15.4 Å². The van der Waals surface area contributed by atoms with E-state index in [4.69, 9.17) is 4.74 Å². The van der Waals surface area contributed by atoms with Gasteiger partial charge in [0.1, 0.15) is 24.3 Å². The molecule has 1 unspecified atom stereocenters. The predicted octanol–water partition coefficient (Wildman–Crippen LogP) is 3.09. The van der Waals surface area contributed by atoms with Crippen molar-refractivity contribution >= 4 is 11.6 Å². The Hall–Kier alpha value is -2.48. The van der Waals surface area contributed by atoms with Crippen molar-refractivity contribution in [2.24, 2.45) is 0 Å². The first-order valence-electron chi connectivity index (χ1n) is 10.8. The Labute approximate surface area is 183 Å². The summed E-state index contributed by atoms with van der Waals surface area (Å²) in [5.41, 5.74) is 2.67. The van der Waals surface area contributed by atoms with Gasteiger partial charge in [-0.1, -0.05) is 24.3 Å². The second kappa shape index (κ2) is 11.2. The van der Waals surface area contributed by atoms with Crippen molar-refractivity contribution in [2.45, 2.75) is 45.4 Å². The SMILES string of the molecule is CC(=O)Nc1c(C)cccc1OCC(O)CNC1CCN(Cc2ccc(F)cc2)CC1. The summed E-state index contributed by atoms with van der Waals surface area (Å²) in [6.07, 6.45) is 1.35. The summed E-state index contributed by atoms with van der Waals surface area (Å²) in [7, 11) is 0. The average Bonchev–Trinajstić information content (AvgIpc) is 2.75. The van der Waals surface area contributed by atoms with Gasteiger partial charge >= 0.3 is 0 Å². The number of para-hydroxylation sites is 1. The predicted molar refractivity (Wildman–Crippen MR) is 120 cm³/mol. The molecule has 3 N–H and O–H groups in total. The van der Waals surface area contributed by atoms with Gasteiger partial charge < -0.3 is 20.5 Å². The molecule has 1 atom stereocenters. The summed E-state index contributed by atoms with van der Waals surface area (Å²) >= 11 is 0. The lowest BCUT2D eigenvalue weighted by Gasteiger charge is -2.33.